The summed E-state index contributed by atoms with van der Waals surface area (Å²) in [7, 11) is 1.53. The maximum atomic E-state index is 12.0. The molecule has 1 heterocycles. The van der Waals surface area contributed by atoms with Gasteiger partial charge in [0, 0.05) is 7.11 Å². The average molecular weight is 274 g/mol. The molecule has 0 fully saturated rings. The van der Waals surface area contributed by atoms with Gasteiger partial charge in [-0.3, -0.25) is 4.79 Å². The lowest BCUT2D eigenvalue weighted by molar-refractivity contribution is 0.128. The van der Waals surface area contributed by atoms with E-state index in [1.165, 1.54) is 7.11 Å². The maximum absolute atomic E-state index is 12.0. The molecule has 1 atom stereocenters. The van der Waals surface area contributed by atoms with Gasteiger partial charge in [-0.25, -0.2) is 0 Å². The molecule has 0 aliphatic heterocycles. The number of ether oxygens (including phenoxy) is 1. The molecule has 2 N–H and O–H groups in total. The van der Waals surface area contributed by atoms with Gasteiger partial charge in [0.15, 0.2) is 0 Å². The summed E-state index contributed by atoms with van der Waals surface area (Å²) in [5, 5.41) is 9.95. The largest absolute Gasteiger partial charge is 0.493 e. The molecule has 2 aromatic rings. The second-order valence-electron chi connectivity index (χ2n) is 4.87. The van der Waals surface area contributed by atoms with E-state index in [0.717, 1.165) is 5.56 Å². The number of nitrogens with one attached hydrogen (secondary N) is 1. The van der Waals surface area contributed by atoms with E-state index in [1.807, 2.05) is 44.2 Å². The fourth-order valence-corrected chi connectivity index (χ4v) is 2.17. The summed E-state index contributed by atoms with van der Waals surface area (Å²) in [6.07, 6.45) is -0.518. The fourth-order valence-electron chi connectivity index (χ4n) is 2.17. The molecule has 0 aliphatic rings. The van der Waals surface area contributed by atoms with Gasteiger partial charge >= 0.3 is 0 Å². The highest BCUT2D eigenvalue weighted by molar-refractivity contribution is 5.29. The van der Waals surface area contributed by atoms with Crippen molar-refractivity contribution in [3.05, 3.63) is 57.6 Å². The van der Waals surface area contributed by atoms with E-state index in [4.69, 9.17) is 4.74 Å². The van der Waals surface area contributed by atoms with Crippen molar-refractivity contribution in [3.63, 3.8) is 0 Å². The molecule has 2 rings (SSSR count). The molecule has 0 aliphatic carbocycles. The predicted octanol–water partition coefficient (Wildman–Crippen LogP) is 2.33. The molecule has 0 spiro atoms. The number of nitrogens with zero attached hydrogens (tertiary/aromatic N) is 1. The minimum atomic E-state index is -0.518. The van der Waals surface area contributed by atoms with Crippen molar-refractivity contribution in [2.24, 2.45) is 0 Å². The molecule has 0 bridgehead atoms. The minimum absolute atomic E-state index is 0.0991. The van der Waals surface area contributed by atoms with Crippen LogP contribution in [0.5, 0.6) is 5.88 Å². The molecule has 20 heavy (non-hydrogen) atoms. The average Bonchev–Trinajstić information content (AvgIpc) is 2.39. The van der Waals surface area contributed by atoms with Crippen molar-refractivity contribution in [2.45, 2.75) is 25.9 Å². The Hall–Kier alpha value is -2.14. The van der Waals surface area contributed by atoms with Crippen LogP contribution in [0.15, 0.2) is 35.1 Å². The maximum Gasteiger partial charge on any atom is 0.258 e. The van der Waals surface area contributed by atoms with E-state index in [2.05, 4.69) is 9.97 Å². The van der Waals surface area contributed by atoms with Gasteiger partial charge in [0.1, 0.15) is 11.9 Å². The highest BCUT2D eigenvalue weighted by Crippen LogP contribution is 2.25. The van der Waals surface area contributed by atoms with Gasteiger partial charge in [0.05, 0.1) is 5.56 Å². The van der Waals surface area contributed by atoms with Crippen molar-refractivity contribution in [1.29, 1.82) is 0 Å². The van der Waals surface area contributed by atoms with Gasteiger partial charge in [-0.1, -0.05) is 44.2 Å². The number of benzene rings is 1. The molecule has 106 valence electrons. The van der Waals surface area contributed by atoms with Crippen LogP contribution in [0.25, 0.3) is 0 Å². The molecular formula is C15H18N2O3. The second kappa shape index (κ2) is 5.88. The number of hydrogen-bond acceptors (Lipinski definition) is 4. The Balaban J connectivity index is 2.50. The normalized spacial score (nSPS) is 12.6. The van der Waals surface area contributed by atoms with Crippen molar-refractivity contribution >= 4 is 0 Å². The molecule has 5 nitrogen and oxygen atoms in total. The Morgan fingerprint density at radius 1 is 1.25 bits per heavy atom. The first kappa shape index (κ1) is 14.3. The Labute approximate surface area is 117 Å². The van der Waals surface area contributed by atoms with Crippen LogP contribution < -0.4 is 5.56 Å². The van der Waals surface area contributed by atoms with Crippen molar-refractivity contribution in [1.82, 2.24) is 9.97 Å². The first-order chi connectivity index (χ1) is 9.54. The quantitative estimate of drug-likeness (QED) is 0.897. The van der Waals surface area contributed by atoms with Crippen LogP contribution in [0.3, 0.4) is 0 Å². The number of rotatable bonds is 4. The minimum Gasteiger partial charge on any atom is -0.493 e. The van der Waals surface area contributed by atoms with Crippen molar-refractivity contribution in [2.75, 3.05) is 7.11 Å². The van der Waals surface area contributed by atoms with Crippen LogP contribution in [0.1, 0.15) is 42.8 Å². The van der Waals surface area contributed by atoms with Gasteiger partial charge in [0.25, 0.3) is 5.56 Å². The molecule has 0 radical (unpaired) electrons. The molecule has 1 aromatic carbocycles. The van der Waals surface area contributed by atoms with Crippen LogP contribution in [0.4, 0.5) is 0 Å². The SMILES string of the molecule is COC(c1ccccc1)c1nc(O)c(C(C)C)c(=O)[nH]1. The highest BCUT2D eigenvalue weighted by Gasteiger charge is 2.20. The number of hydrogen-bond donors (Lipinski definition) is 2. The summed E-state index contributed by atoms with van der Waals surface area (Å²) in [5.74, 6) is -0.0413. The van der Waals surface area contributed by atoms with Gasteiger partial charge < -0.3 is 14.8 Å². The van der Waals surface area contributed by atoms with E-state index >= 15 is 0 Å². The first-order valence-electron chi connectivity index (χ1n) is 6.45. The Kier molecular flexibility index (Phi) is 4.20. The van der Waals surface area contributed by atoms with Crippen LogP contribution in [0, 0.1) is 0 Å². The third kappa shape index (κ3) is 2.72. The molecule has 0 saturated carbocycles. The highest BCUT2D eigenvalue weighted by atomic mass is 16.5. The molecule has 1 aromatic heterocycles. The molecule has 0 amide bonds. The summed E-state index contributed by atoms with van der Waals surface area (Å²) < 4.78 is 5.39. The standard InChI is InChI=1S/C15H18N2O3/c1-9(2)11-14(18)16-13(17-15(11)19)12(20-3)10-7-5-4-6-8-10/h4-9,12H,1-3H3,(H2,16,17,18,19). The number of aromatic hydroxyl groups is 1. The van der Waals surface area contributed by atoms with Gasteiger partial charge in [-0.05, 0) is 11.5 Å². The van der Waals surface area contributed by atoms with E-state index in [9.17, 15) is 9.90 Å². The number of aromatic amines is 1. The molecule has 5 heteroatoms. The number of methoxy groups -OCH3 is 1. The summed E-state index contributed by atoms with van der Waals surface area (Å²) in [6.45, 7) is 3.66. The second-order valence-corrected chi connectivity index (χ2v) is 4.87. The van der Waals surface area contributed by atoms with Crippen LogP contribution in [-0.2, 0) is 4.74 Å². The molecular weight excluding hydrogens is 256 g/mol. The lowest BCUT2D eigenvalue weighted by Gasteiger charge is -2.16. The van der Waals surface area contributed by atoms with E-state index in [1.54, 1.807) is 0 Å². The van der Waals surface area contributed by atoms with Gasteiger partial charge in [-0.15, -0.1) is 0 Å². The molecule has 0 saturated heterocycles. The van der Waals surface area contributed by atoms with Crippen molar-refractivity contribution in [3.8, 4) is 5.88 Å². The summed E-state index contributed by atoms with van der Waals surface area (Å²) >= 11 is 0. The summed E-state index contributed by atoms with van der Waals surface area (Å²) in [5.41, 5.74) is 0.812. The van der Waals surface area contributed by atoms with Crippen LogP contribution in [0.2, 0.25) is 0 Å². The molecule has 1 unspecified atom stereocenters. The summed E-state index contributed by atoms with van der Waals surface area (Å²) in [4.78, 5) is 18.8. The lowest BCUT2D eigenvalue weighted by atomic mass is 10.1. The Morgan fingerprint density at radius 2 is 1.90 bits per heavy atom. The zero-order valence-corrected chi connectivity index (χ0v) is 11.8. The third-order valence-corrected chi connectivity index (χ3v) is 3.12. The lowest BCUT2D eigenvalue weighted by Crippen LogP contribution is -2.20. The number of H-pyrrole nitrogens is 1. The predicted molar refractivity (Wildman–Crippen MR) is 75.9 cm³/mol. The van der Waals surface area contributed by atoms with Gasteiger partial charge in [0.2, 0.25) is 5.88 Å². The van der Waals surface area contributed by atoms with Crippen molar-refractivity contribution < 1.29 is 9.84 Å². The Morgan fingerprint density at radius 3 is 2.40 bits per heavy atom. The zero-order chi connectivity index (χ0) is 14.7. The zero-order valence-electron chi connectivity index (χ0n) is 11.8. The van der Waals surface area contributed by atoms with Gasteiger partial charge in [-0.2, -0.15) is 4.98 Å². The van der Waals surface area contributed by atoms with E-state index < -0.39 is 6.10 Å². The smallest absolute Gasteiger partial charge is 0.258 e. The third-order valence-electron chi connectivity index (χ3n) is 3.12. The van der Waals surface area contributed by atoms with E-state index in [-0.39, 0.29) is 22.9 Å². The monoisotopic (exact) mass is 274 g/mol. The summed E-state index contributed by atoms with van der Waals surface area (Å²) in [6, 6.07) is 9.40. The number of aromatic nitrogens is 2. The first-order valence-corrected chi connectivity index (χ1v) is 6.45. The topological polar surface area (TPSA) is 75.2 Å². The van der Waals surface area contributed by atoms with Crippen LogP contribution >= 0.6 is 0 Å². The van der Waals surface area contributed by atoms with E-state index in [0.29, 0.717) is 5.82 Å². The Bertz CT molecular complexity index is 635. The van der Waals surface area contributed by atoms with Crippen LogP contribution in [-0.4, -0.2) is 22.2 Å². The fraction of sp³-hybridized carbons (Fsp3) is 0.333.